The van der Waals surface area contributed by atoms with Crippen LogP contribution in [0.3, 0.4) is 0 Å². The number of anilines is 1. The molecule has 9 nitrogen and oxygen atoms in total. The molecule has 4 aromatic rings. The summed E-state index contributed by atoms with van der Waals surface area (Å²) in [5.41, 5.74) is 0.865. The molecule has 1 amide bonds. The third kappa shape index (κ3) is 3.14. The van der Waals surface area contributed by atoms with E-state index in [0.29, 0.717) is 21.5 Å². The summed E-state index contributed by atoms with van der Waals surface area (Å²) in [6, 6.07) is 11.3. The van der Waals surface area contributed by atoms with Crippen molar-refractivity contribution in [3.63, 3.8) is 0 Å². The van der Waals surface area contributed by atoms with E-state index in [0.717, 1.165) is 11.3 Å². The van der Waals surface area contributed by atoms with Gasteiger partial charge in [-0.25, -0.2) is 4.98 Å². The van der Waals surface area contributed by atoms with Crippen molar-refractivity contribution in [3.8, 4) is 0 Å². The lowest BCUT2D eigenvalue weighted by Crippen LogP contribution is -2.29. The Balaban J connectivity index is 1.78. The SMILES string of the molecule is CC(=O)c1sc(N2C(=O)c3oc4ccccc4c(=O)c3C2c2ccc([N+](=O)[O-])cc2)nc1C. The van der Waals surface area contributed by atoms with Crippen molar-refractivity contribution in [3.05, 3.63) is 96.3 Å². The van der Waals surface area contributed by atoms with E-state index < -0.39 is 16.9 Å². The van der Waals surface area contributed by atoms with Crippen LogP contribution in [-0.2, 0) is 0 Å². The second-order valence-corrected chi connectivity index (χ2v) is 8.54. The highest BCUT2D eigenvalue weighted by Gasteiger charge is 2.45. The normalized spacial score (nSPS) is 15.2. The number of amides is 1. The van der Waals surface area contributed by atoms with Crippen LogP contribution < -0.4 is 10.3 Å². The quantitative estimate of drug-likeness (QED) is 0.250. The molecule has 1 aliphatic heterocycles. The highest BCUT2D eigenvalue weighted by atomic mass is 32.1. The molecule has 3 heterocycles. The van der Waals surface area contributed by atoms with Gasteiger partial charge in [0.1, 0.15) is 5.58 Å². The van der Waals surface area contributed by atoms with Crippen LogP contribution >= 0.6 is 11.3 Å². The molecular weight excluding hydrogens is 446 g/mol. The van der Waals surface area contributed by atoms with E-state index in [1.807, 2.05) is 0 Å². The van der Waals surface area contributed by atoms with Crippen LogP contribution in [0, 0.1) is 17.0 Å². The Morgan fingerprint density at radius 3 is 2.48 bits per heavy atom. The smallest absolute Gasteiger partial charge is 0.297 e. The number of hydrogen-bond donors (Lipinski definition) is 0. The first-order valence-electron chi connectivity index (χ1n) is 9.90. The number of thiazole rings is 1. The Morgan fingerprint density at radius 1 is 1.15 bits per heavy atom. The summed E-state index contributed by atoms with van der Waals surface area (Å²) in [5, 5.41) is 11.7. The van der Waals surface area contributed by atoms with E-state index >= 15 is 0 Å². The molecule has 10 heteroatoms. The van der Waals surface area contributed by atoms with Crippen LogP contribution in [0.25, 0.3) is 11.0 Å². The van der Waals surface area contributed by atoms with Gasteiger partial charge in [0.15, 0.2) is 16.3 Å². The number of para-hydroxylation sites is 1. The summed E-state index contributed by atoms with van der Waals surface area (Å²) in [6.07, 6.45) is 0. The van der Waals surface area contributed by atoms with Gasteiger partial charge in [0.2, 0.25) is 5.76 Å². The number of Topliss-reactive ketones (excluding diaryl/α,β-unsaturated/α-hetero) is 1. The predicted octanol–water partition coefficient (Wildman–Crippen LogP) is 4.42. The average Bonchev–Trinajstić information content (AvgIpc) is 3.32. The van der Waals surface area contributed by atoms with Crippen LogP contribution in [0.2, 0.25) is 0 Å². The van der Waals surface area contributed by atoms with Crippen molar-refractivity contribution in [1.82, 2.24) is 4.98 Å². The van der Waals surface area contributed by atoms with Crippen molar-refractivity contribution in [2.45, 2.75) is 19.9 Å². The first-order chi connectivity index (χ1) is 15.8. The van der Waals surface area contributed by atoms with Gasteiger partial charge in [-0.3, -0.25) is 29.4 Å². The molecule has 2 aromatic carbocycles. The maximum Gasteiger partial charge on any atom is 0.297 e. The Hall–Kier alpha value is -4.18. The number of nitrogens with zero attached hydrogens (tertiary/aromatic N) is 3. The highest BCUT2D eigenvalue weighted by molar-refractivity contribution is 7.17. The zero-order valence-electron chi connectivity index (χ0n) is 17.4. The third-order valence-electron chi connectivity index (χ3n) is 5.51. The Kier molecular flexibility index (Phi) is 4.68. The first-order valence-corrected chi connectivity index (χ1v) is 10.7. The highest BCUT2D eigenvalue weighted by Crippen LogP contribution is 2.43. The molecule has 1 unspecified atom stereocenters. The number of nitro benzene ring substituents is 1. The van der Waals surface area contributed by atoms with Crippen LogP contribution in [-0.4, -0.2) is 21.6 Å². The summed E-state index contributed by atoms with van der Waals surface area (Å²) >= 11 is 1.05. The number of ketones is 1. The molecule has 0 saturated carbocycles. The van der Waals surface area contributed by atoms with Gasteiger partial charge in [0, 0.05) is 19.1 Å². The molecule has 33 heavy (non-hydrogen) atoms. The van der Waals surface area contributed by atoms with Crippen LogP contribution in [0.1, 0.15) is 50.0 Å². The average molecular weight is 461 g/mol. The standard InChI is InChI=1S/C23H15N3O6S/c1-11-21(12(2)27)33-23(24-11)25-18(13-7-9-14(10-8-13)26(30)31)17-19(28)15-5-3-4-6-16(15)32-20(17)22(25)29/h3-10,18H,1-2H3. The topological polar surface area (TPSA) is 124 Å². The van der Waals surface area contributed by atoms with E-state index in [1.165, 1.54) is 36.1 Å². The summed E-state index contributed by atoms with van der Waals surface area (Å²) in [6.45, 7) is 3.08. The van der Waals surface area contributed by atoms with Gasteiger partial charge in [-0.15, -0.1) is 0 Å². The number of aromatic nitrogens is 1. The Morgan fingerprint density at radius 2 is 1.85 bits per heavy atom. The van der Waals surface area contributed by atoms with Gasteiger partial charge in [-0.1, -0.05) is 23.5 Å². The molecule has 0 bridgehead atoms. The molecule has 0 spiro atoms. The number of carbonyl (C=O) groups is 2. The zero-order valence-corrected chi connectivity index (χ0v) is 18.2. The number of aryl methyl sites for hydroxylation is 1. The van der Waals surface area contributed by atoms with E-state index in [-0.39, 0.29) is 38.9 Å². The van der Waals surface area contributed by atoms with Gasteiger partial charge in [-0.05, 0) is 36.8 Å². The van der Waals surface area contributed by atoms with Gasteiger partial charge in [0.05, 0.1) is 32.5 Å². The molecule has 0 radical (unpaired) electrons. The van der Waals surface area contributed by atoms with Gasteiger partial charge < -0.3 is 4.42 Å². The monoisotopic (exact) mass is 461 g/mol. The number of non-ortho nitro benzene ring substituents is 1. The summed E-state index contributed by atoms with van der Waals surface area (Å²) < 4.78 is 5.86. The van der Waals surface area contributed by atoms with Gasteiger partial charge in [0.25, 0.3) is 11.6 Å². The van der Waals surface area contributed by atoms with Crippen LogP contribution in [0.5, 0.6) is 0 Å². The molecule has 164 valence electrons. The van der Waals surface area contributed by atoms with E-state index in [2.05, 4.69) is 4.98 Å². The van der Waals surface area contributed by atoms with E-state index in [4.69, 9.17) is 4.42 Å². The maximum atomic E-state index is 13.5. The molecule has 2 aromatic heterocycles. The predicted molar refractivity (Wildman–Crippen MR) is 121 cm³/mol. The Bertz CT molecular complexity index is 1540. The first kappa shape index (κ1) is 20.7. The van der Waals surface area contributed by atoms with Gasteiger partial charge in [-0.2, -0.15) is 0 Å². The fraction of sp³-hybridized carbons (Fsp3) is 0.130. The summed E-state index contributed by atoms with van der Waals surface area (Å²) in [7, 11) is 0. The van der Waals surface area contributed by atoms with Crippen LogP contribution in [0.15, 0.2) is 57.7 Å². The Labute approximate surface area is 190 Å². The number of carbonyl (C=O) groups excluding carboxylic acids is 2. The second kappa shape index (κ2) is 7.45. The minimum atomic E-state index is -0.917. The van der Waals surface area contributed by atoms with Crippen molar-refractivity contribution in [2.24, 2.45) is 0 Å². The lowest BCUT2D eigenvalue weighted by Gasteiger charge is -2.22. The minimum absolute atomic E-state index is 0.112. The van der Waals surface area contributed by atoms with E-state index in [1.54, 1.807) is 31.2 Å². The maximum absolute atomic E-state index is 13.5. The van der Waals surface area contributed by atoms with E-state index in [9.17, 15) is 24.5 Å². The molecule has 0 saturated heterocycles. The zero-order chi connectivity index (χ0) is 23.4. The molecule has 1 aliphatic rings. The second-order valence-electron chi connectivity index (χ2n) is 7.56. The number of rotatable bonds is 4. The lowest BCUT2D eigenvalue weighted by atomic mass is 9.98. The largest absolute Gasteiger partial charge is 0.450 e. The molecule has 5 rings (SSSR count). The summed E-state index contributed by atoms with van der Waals surface area (Å²) in [5.74, 6) is -0.869. The number of fused-ring (bicyclic) bond motifs is 2. The molecular formula is C23H15N3O6S. The molecule has 0 fully saturated rings. The fourth-order valence-electron chi connectivity index (χ4n) is 4.02. The molecule has 0 N–H and O–H groups in total. The van der Waals surface area contributed by atoms with Crippen molar-refractivity contribution >= 4 is 44.8 Å². The number of nitro groups is 1. The summed E-state index contributed by atoms with van der Waals surface area (Å²) in [4.78, 5) is 55.7. The van der Waals surface area contributed by atoms with Crippen molar-refractivity contribution in [2.75, 3.05) is 4.90 Å². The number of benzene rings is 2. The fourth-order valence-corrected chi connectivity index (χ4v) is 5.01. The third-order valence-corrected chi connectivity index (χ3v) is 6.77. The lowest BCUT2D eigenvalue weighted by molar-refractivity contribution is -0.384. The molecule has 0 aliphatic carbocycles. The minimum Gasteiger partial charge on any atom is -0.450 e. The number of hydrogen-bond acceptors (Lipinski definition) is 8. The van der Waals surface area contributed by atoms with Crippen molar-refractivity contribution in [1.29, 1.82) is 0 Å². The molecule has 1 atom stereocenters. The van der Waals surface area contributed by atoms with Crippen molar-refractivity contribution < 1.29 is 18.9 Å². The van der Waals surface area contributed by atoms with Gasteiger partial charge >= 0.3 is 0 Å². The van der Waals surface area contributed by atoms with Crippen LogP contribution in [0.4, 0.5) is 10.8 Å².